The van der Waals surface area contributed by atoms with Gasteiger partial charge < -0.3 is 11.1 Å². The average molecular weight is 337 g/mol. The molecule has 0 aliphatic heterocycles. The molecule has 7 heteroatoms. The number of nitrogens with two attached hydrogens (primary N) is 1. The van der Waals surface area contributed by atoms with Crippen LogP contribution in [0.5, 0.6) is 0 Å². The van der Waals surface area contributed by atoms with Crippen molar-refractivity contribution in [1.29, 1.82) is 0 Å². The third-order valence-electron chi connectivity index (χ3n) is 3.18. The standard InChI is InChI=1S/C17H15N5OS/c18-16-15(20-8-9-21-16)17(23)22-13-3-5-14(6-4-13)24-11-12-2-1-7-19-10-12/h1-10H,11H2,(H2,18,21)(H,22,23). The summed E-state index contributed by atoms with van der Waals surface area (Å²) in [6.45, 7) is 0. The van der Waals surface area contributed by atoms with E-state index >= 15 is 0 Å². The molecule has 120 valence electrons. The van der Waals surface area contributed by atoms with E-state index in [1.165, 1.54) is 12.4 Å². The maximum Gasteiger partial charge on any atom is 0.278 e. The fourth-order valence-corrected chi connectivity index (χ4v) is 2.83. The van der Waals surface area contributed by atoms with E-state index in [9.17, 15) is 4.79 Å². The number of aromatic nitrogens is 3. The molecule has 2 aromatic heterocycles. The monoisotopic (exact) mass is 337 g/mol. The molecular weight excluding hydrogens is 322 g/mol. The second-order valence-corrected chi connectivity index (χ2v) is 5.97. The Kier molecular flexibility index (Phi) is 5.02. The number of thioether (sulfide) groups is 1. The first-order valence-corrected chi connectivity index (χ1v) is 8.20. The van der Waals surface area contributed by atoms with Gasteiger partial charge in [-0.1, -0.05) is 6.07 Å². The molecule has 0 atom stereocenters. The second kappa shape index (κ2) is 7.56. The maximum absolute atomic E-state index is 12.1. The number of rotatable bonds is 5. The smallest absolute Gasteiger partial charge is 0.278 e. The van der Waals surface area contributed by atoms with Crippen molar-refractivity contribution in [2.75, 3.05) is 11.1 Å². The van der Waals surface area contributed by atoms with Crippen molar-refractivity contribution in [1.82, 2.24) is 15.0 Å². The highest BCUT2D eigenvalue weighted by Gasteiger charge is 2.12. The Balaban J connectivity index is 1.60. The average Bonchev–Trinajstić information content (AvgIpc) is 2.62. The number of carbonyl (C=O) groups is 1. The number of nitrogen functional groups attached to an aromatic ring is 1. The van der Waals surface area contributed by atoms with E-state index in [4.69, 9.17) is 5.73 Å². The van der Waals surface area contributed by atoms with Crippen LogP contribution in [0.2, 0.25) is 0 Å². The molecule has 0 fully saturated rings. The molecule has 0 saturated carbocycles. The summed E-state index contributed by atoms with van der Waals surface area (Å²) in [7, 11) is 0. The molecule has 3 rings (SSSR count). The van der Waals surface area contributed by atoms with Crippen LogP contribution in [-0.4, -0.2) is 20.9 Å². The van der Waals surface area contributed by atoms with E-state index in [0.29, 0.717) is 5.69 Å². The van der Waals surface area contributed by atoms with Gasteiger partial charge in [0, 0.05) is 41.1 Å². The van der Waals surface area contributed by atoms with Crippen LogP contribution in [0.1, 0.15) is 16.1 Å². The number of anilines is 2. The van der Waals surface area contributed by atoms with Crippen molar-refractivity contribution in [2.45, 2.75) is 10.6 Å². The molecule has 0 bridgehead atoms. The Morgan fingerprint density at radius 1 is 1.08 bits per heavy atom. The zero-order valence-corrected chi connectivity index (χ0v) is 13.5. The van der Waals surface area contributed by atoms with Crippen molar-refractivity contribution in [3.8, 4) is 0 Å². The third kappa shape index (κ3) is 4.08. The van der Waals surface area contributed by atoms with E-state index < -0.39 is 0 Å². The molecule has 24 heavy (non-hydrogen) atoms. The van der Waals surface area contributed by atoms with Crippen molar-refractivity contribution in [2.24, 2.45) is 0 Å². The van der Waals surface area contributed by atoms with Crippen molar-refractivity contribution < 1.29 is 4.79 Å². The van der Waals surface area contributed by atoms with E-state index in [2.05, 4.69) is 20.3 Å². The van der Waals surface area contributed by atoms with E-state index in [-0.39, 0.29) is 17.4 Å². The molecule has 0 spiro atoms. The molecule has 0 saturated heterocycles. The topological polar surface area (TPSA) is 93.8 Å². The third-order valence-corrected chi connectivity index (χ3v) is 4.27. The van der Waals surface area contributed by atoms with Gasteiger partial charge in [-0.2, -0.15) is 0 Å². The minimum atomic E-state index is -0.378. The number of pyridine rings is 1. The minimum absolute atomic E-state index is 0.110. The summed E-state index contributed by atoms with van der Waals surface area (Å²) >= 11 is 1.70. The van der Waals surface area contributed by atoms with Gasteiger partial charge in [-0.15, -0.1) is 11.8 Å². The molecule has 1 amide bonds. The molecule has 6 nitrogen and oxygen atoms in total. The fraction of sp³-hybridized carbons (Fsp3) is 0.0588. The lowest BCUT2D eigenvalue weighted by atomic mass is 10.3. The van der Waals surface area contributed by atoms with Gasteiger partial charge in [0.05, 0.1) is 0 Å². The first kappa shape index (κ1) is 15.9. The molecule has 0 aliphatic rings. The zero-order chi connectivity index (χ0) is 16.8. The minimum Gasteiger partial charge on any atom is -0.382 e. The van der Waals surface area contributed by atoms with Crippen LogP contribution < -0.4 is 11.1 Å². The van der Waals surface area contributed by atoms with Crippen molar-refractivity contribution in [3.05, 3.63) is 72.4 Å². The lowest BCUT2D eigenvalue weighted by molar-refractivity contribution is 0.102. The largest absolute Gasteiger partial charge is 0.382 e. The number of nitrogens with zero attached hydrogens (tertiary/aromatic N) is 3. The molecule has 0 aliphatic carbocycles. The van der Waals surface area contributed by atoms with E-state index in [0.717, 1.165) is 16.2 Å². The summed E-state index contributed by atoms with van der Waals surface area (Å²) in [5.74, 6) is 0.574. The first-order chi connectivity index (χ1) is 11.7. The summed E-state index contributed by atoms with van der Waals surface area (Å²) in [5.41, 5.74) is 7.61. The van der Waals surface area contributed by atoms with Gasteiger partial charge in [0.25, 0.3) is 5.91 Å². The van der Waals surface area contributed by atoms with Crippen LogP contribution >= 0.6 is 11.8 Å². The quantitative estimate of drug-likeness (QED) is 0.695. The van der Waals surface area contributed by atoms with Crippen molar-refractivity contribution in [3.63, 3.8) is 0 Å². The summed E-state index contributed by atoms with van der Waals surface area (Å²) in [6.07, 6.45) is 6.49. The van der Waals surface area contributed by atoms with Gasteiger partial charge in [-0.25, -0.2) is 9.97 Å². The fourth-order valence-electron chi connectivity index (χ4n) is 2.00. The van der Waals surface area contributed by atoms with Gasteiger partial charge in [-0.05, 0) is 35.9 Å². The maximum atomic E-state index is 12.1. The number of benzene rings is 1. The van der Waals surface area contributed by atoms with Crippen LogP contribution in [0.3, 0.4) is 0 Å². The van der Waals surface area contributed by atoms with Crippen LogP contribution in [0.15, 0.2) is 66.1 Å². The Bertz CT molecular complexity index is 824. The molecule has 3 N–H and O–H groups in total. The highest BCUT2D eigenvalue weighted by atomic mass is 32.2. The van der Waals surface area contributed by atoms with Crippen molar-refractivity contribution >= 4 is 29.2 Å². The lowest BCUT2D eigenvalue weighted by Gasteiger charge is -2.07. The number of hydrogen-bond acceptors (Lipinski definition) is 6. The van der Waals surface area contributed by atoms with Gasteiger partial charge in [-0.3, -0.25) is 9.78 Å². The zero-order valence-electron chi connectivity index (χ0n) is 12.7. The molecule has 2 heterocycles. The predicted molar refractivity (Wildman–Crippen MR) is 94.6 cm³/mol. The normalized spacial score (nSPS) is 10.3. The highest BCUT2D eigenvalue weighted by molar-refractivity contribution is 7.98. The Hall–Kier alpha value is -2.93. The number of nitrogens with one attached hydrogen (secondary N) is 1. The highest BCUT2D eigenvalue weighted by Crippen LogP contribution is 2.24. The predicted octanol–water partition coefficient (Wildman–Crippen LogP) is 3.00. The van der Waals surface area contributed by atoms with E-state index in [1.807, 2.05) is 42.6 Å². The Morgan fingerprint density at radius 2 is 1.88 bits per heavy atom. The summed E-state index contributed by atoms with van der Waals surface area (Å²) in [5, 5.41) is 2.76. The number of amides is 1. The van der Waals surface area contributed by atoms with Gasteiger partial charge in [0.15, 0.2) is 11.5 Å². The number of carbonyl (C=O) groups excluding carboxylic acids is 1. The van der Waals surface area contributed by atoms with Crippen LogP contribution in [-0.2, 0) is 5.75 Å². The number of hydrogen-bond donors (Lipinski definition) is 2. The summed E-state index contributed by atoms with van der Waals surface area (Å²) in [4.78, 5) is 25.1. The molecule has 0 unspecified atom stereocenters. The summed E-state index contributed by atoms with van der Waals surface area (Å²) in [6, 6.07) is 11.6. The molecular formula is C17H15N5OS. The Morgan fingerprint density at radius 3 is 2.58 bits per heavy atom. The first-order valence-electron chi connectivity index (χ1n) is 7.22. The van der Waals surface area contributed by atoms with E-state index in [1.54, 1.807) is 18.0 Å². The van der Waals surface area contributed by atoms with Crippen LogP contribution in [0.25, 0.3) is 0 Å². The van der Waals surface area contributed by atoms with Crippen LogP contribution in [0, 0.1) is 0 Å². The van der Waals surface area contributed by atoms with Gasteiger partial charge in [0.1, 0.15) is 0 Å². The Labute approximate surface area is 143 Å². The SMILES string of the molecule is Nc1nccnc1C(=O)Nc1ccc(SCc2cccnc2)cc1. The van der Waals surface area contributed by atoms with Gasteiger partial charge >= 0.3 is 0 Å². The van der Waals surface area contributed by atoms with Crippen LogP contribution in [0.4, 0.5) is 11.5 Å². The second-order valence-electron chi connectivity index (χ2n) is 4.92. The van der Waals surface area contributed by atoms with Gasteiger partial charge in [0.2, 0.25) is 0 Å². The molecule has 0 radical (unpaired) electrons. The lowest BCUT2D eigenvalue weighted by Crippen LogP contribution is -2.16. The molecule has 1 aromatic carbocycles. The molecule has 3 aromatic rings. The summed E-state index contributed by atoms with van der Waals surface area (Å²) < 4.78 is 0.